The van der Waals surface area contributed by atoms with Gasteiger partial charge in [-0.25, -0.2) is 14.4 Å². The van der Waals surface area contributed by atoms with Gasteiger partial charge in [-0.2, -0.15) is 0 Å². The molecule has 0 bridgehead atoms. The fourth-order valence-corrected chi connectivity index (χ4v) is 2.28. The van der Waals surface area contributed by atoms with E-state index in [2.05, 4.69) is 20.0 Å². The van der Waals surface area contributed by atoms with Crippen LogP contribution in [0, 0.1) is 5.82 Å². The summed E-state index contributed by atoms with van der Waals surface area (Å²) < 4.78 is 54.6. The van der Waals surface area contributed by atoms with Gasteiger partial charge in [0.1, 0.15) is 23.7 Å². The summed E-state index contributed by atoms with van der Waals surface area (Å²) in [5.41, 5.74) is -0.0665. The SMILES string of the molecule is O=C(CNc1ncnc2cc(OC(F)(F)F)cc(F)c12)N1CCC1. The zero-order chi connectivity index (χ0) is 17.3. The fourth-order valence-electron chi connectivity index (χ4n) is 2.28. The van der Waals surface area contributed by atoms with E-state index in [0.717, 1.165) is 18.8 Å². The summed E-state index contributed by atoms with van der Waals surface area (Å²) in [6.07, 6.45) is -2.92. The summed E-state index contributed by atoms with van der Waals surface area (Å²) in [5.74, 6) is -1.82. The number of rotatable bonds is 4. The number of benzene rings is 1. The van der Waals surface area contributed by atoms with Crippen molar-refractivity contribution in [3.05, 3.63) is 24.3 Å². The zero-order valence-electron chi connectivity index (χ0n) is 12.2. The Hall–Kier alpha value is -2.65. The van der Waals surface area contributed by atoms with E-state index in [-0.39, 0.29) is 29.2 Å². The molecule has 1 aliphatic heterocycles. The van der Waals surface area contributed by atoms with Gasteiger partial charge in [0.25, 0.3) is 0 Å². The molecule has 2 heterocycles. The molecule has 1 N–H and O–H groups in total. The van der Waals surface area contributed by atoms with Crippen LogP contribution in [-0.2, 0) is 4.79 Å². The van der Waals surface area contributed by atoms with Crippen LogP contribution in [0.5, 0.6) is 5.75 Å². The van der Waals surface area contributed by atoms with Crippen molar-refractivity contribution >= 4 is 22.6 Å². The molecule has 0 aliphatic carbocycles. The Bertz CT molecular complexity index is 777. The molecule has 1 aromatic carbocycles. The average molecular weight is 344 g/mol. The lowest BCUT2D eigenvalue weighted by atomic mass is 10.2. The van der Waals surface area contributed by atoms with Crippen molar-refractivity contribution in [3.8, 4) is 5.75 Å². The Morgan fingerprint density at radius 1 is 1.29 bits per heavy atom. The summed E-state index contributed by atoms with van der Waals surface area (Å²) in [7, 11) is 0. The van der Waals surface area contributed by atoms with Crippen LogP contribution < -0.4 is 10.1 Å². The normalized spacial score (nSPS) is 14.4. The number of aromatic nitrogens is 2. The number of ether oxygens (including phenoxy) is 1. The van der Waals surface area contributed by atoms with Gasteiger partial charge in [0, 0.05) is 25.2 Å². The highest BCUT2D eigenvalue weighted by molar-refractivity contribution is 5.92. The number of likely N-dealkylation sites (tertiary alicyclic amines) is 1. The number of hydrogen-bond donors (Lipinski definition) is 1. The van der Waals surface area contributed by atoms with Gasteiger partial charge in [0.15, 0.2) is 0 Å². The maximum Gasteiger partial charge on any atom is 0.573 e. The molecule has 0 radical (unpaired) electrons. The van der Waals surface area contributed by atoms with Crippen molar-refractivity contribution in [2.75, 3.05) is 25.0 Å². The van der Waals surface area contributed by atoms with Gasteiger partial charge >= 0.3 is 6.36 Å². The minimum Gasteiger partial charge on any atom is -0.406 e. The summed E-state index contributed by atoms with van der Waals surface area (Å²) >= 11 is 0. The average Bonchev–Trinajstić information content (AvgIpc) is 2.40. The van der Waals surface area contributed by atoms with Gasteiger partial charge in [-0.05, 0) is 6.42 Å². The lowest BCUT2D eigenvalue weighted by Gasteiger charge is -2.31. The number of carbonyl (C=O) groups excluding carboxylic acids is 1. The van der Waals surface area contributed by atoms with Crippen LogP contribution in [-0.4, -0.2) is 46.8 Å². The second-order valence-electron chi connectivity index (χ2n) is 5.16. The Labute approximate surface area is 133 Å². The third-order valence-electron chi connectivity index (χ3n) is 3.51. The quantitative estimate of drug-likeness (QED) is 0.862. The van der Waals surface area contributed by atoms with Crippen LogP contribution in [0.4, 0.5) is 23.4 Å². The van der Waals surface area contributed by atoms with Crippen LogP contribution in [0.1, 0.15) is 6.42 Å². The molecule has 0 spiro atoms. The van der Waals surface area contributed by atoms with E-state index >= 15 is 0 Å². The van der Waals surface area contributed by atoms with Gasteiger partial charge in [-0.1, -0.05) is 0 Å². The maximum absolute atomic E-state index is 14.2. The lowest BCUT2D eigenvalue weighted by molar-refractivity contribution is -0.274. The summed E-state index contributed by atoms with van der Waals surface area (Å²) in [4.78, 5) is 21.0. The number of carbonyl (C=O) groups is 1. The molecule has 10 heteroatoms. The van der Waals surface area contributed by atoms with Gasteiger partial charge in [0.2, 0.25) is 5.91 Å². The lowest BCUT2D eigenvalue weighted by Crippen LogP contribution is -2.44. The minimum absolute atomic E-state index is 0.0323. The van der Waals surface area contributed by atoms with Crippen LogP contribution in [0.3, 0.4) is 0 Å². The molecule has 2 aromatic rings. The van der Waals surface area contributed by atoms with Gasteiger partial charge in [-0.3, -0.25) is 4.79 Å². The van der Waals surface area contributed by atoms with Crippen molar-refractivity contribution in [2.45, 2.75) is 12.8 Å². The van der Waals surface area contributed by atoms with Crippen molar-refractivity contribution in [1.29, 1.82) is 0 Å². The summed E-state index contributed by atoms with van der Waals surface area (Å²) in [5, 5.41) is 2.59. The minimum atomic E-state index is -4.93. The molecule has 1 saturated heterocycles. The zero-order valence-corrected chi connectivity index (χ0v) is 12.2. The summed E-state index contributed by atoms with van der Waals surface area (Å²) in [6, 6.07) is 1.55. The standard InChI is InChI=1S/C14H12F4N4O2/c15-9-4-8(24-14(16,17)18)5-10-12(9)13(21-7-20-10)19-6-11(23)22-2-1-3-22/h4-5,7H,1-3,6H2,(H,19,20,21). The van der Waals surface area contributed by atoms with Crippen LogP contribution in [0.15, 0.2) is 18.5 Å². The molecule has 128 valence electrons. The molecule has 6 nitrogen and oxygen atoms in total. The summed E-state index contributed by atoms with van der Waals surface area (Å²) in [6.45, 7) is 1.27. The Balaban J connectivity index is 1.85. The van der Waals surface area contributed by atoms with Crippen molar-refractivity contribution in [3.63, 3.8) is 0 Å². The number of anilines is 1. The van der Waals surface area contributed by atoms with E-state index in [4.69, 9.17) is 0 Å². The number of alkyl halides is 3. The van der Waals surface area contributed by atoms with E-state index in [1.165, 1.54) is 0 Å². The molecular formula is C14H12F4N4O2. The number of hydrogen-bond acceptors (Lipinski definition) is 5. The fraction of sp³-hybridized carbons (Fsp3) is 0.357. The Morgan fingerprint density at radius 2 is 2.04 bits per heavy atom. The van der Waals surface area contributed by atoms with Crippen molar-refractivity contribution in [2.24, 2.45) is 0 Å². The second-order valence-corrected chi connectivity index (χ2v) is 5.16. The number of halogens is 4. The highest BCUT2D eigenvalue weighted by Crippen LogP contribution is 2.30. The van der Waals surface area contributed by atoms with Crippen LogP contribution in [0.25, 0.3) is 10.9 Å². The number of nitrogens with zero attached hydrogens (tertiary/aromatic N) is 3. The predicted molar refractivity (Wildman–Crippen MR) is 75.9 cm³/mol. The van der Waals surface area contributed by atoms with E-state index in [1.54, 1.807) is 4.90 Å². The van der Waals surface area contributed by atoms with Crippen LogP contribution >= 0.6 is 0 Å². The first-order chi connectivity index (χ1) is 11.3. The Kier molecular flexibility index (Phi) is 4.12. The van der Waals surface area contributed by atoms with Gasteiger partial charge in [-0.15, -0.1) is 13.2 Å². The van der Waals surface area contributed by atoms with E-state index < -0.39 is 17.9 Å². The molecule has 1 fully saturated rings. The molecule has 1 amide bonds. The number of nitrogens with one attached hydrogen (secondary N) is 1. The number of fused-ring (bicyclic) bond motifs is 1. The third kappa shape index (κ3) is 3.47. The van der Waals surface area contributed by atoms with Gasteiger partial charge < -0.3 is 15.0 Å². The number of amides is 1. The molecule has 1 aliphatic rings. The molecule has 0 saturated carbocycles. The third-order valence-corrected chi connectivity index (χ3v) is 3.51. The molecule has 0 atom stereocenters. The van der Waals surface area contributed by atoms with Crippen molar-refractivity contribution < 1.29 is 27.1 Å². The van der Waals surface area contributed by atoms with Crippen molar-refractivity contribution in [1.82, 2.24) is 14.9 Å². The largest absolute Gasteiger partial charge is 0.573 e. The first-order valence-electron chi connectivity index (χ1n) is 7.05. The van der Waals surface area contributed by atoms with E-state index in [9.17, 15) is 22.4 Å². The molecule has 3 rings (SSSR count). The maximum atomic E-state index is 14.2. The topological polar surface area (TPSA) is 67.3 Å². The highest BCUT2D eigenvalue weighted by atomic mass is 19.4. The predicted octanol–water partition coefficient (Wildman–Crippen LogP) is 2.31. The highest BCUT2D eigenvalue weighted by Gasteiger charge is 2.31. The van der Waals surface area contributed by atoms with Crippen LogP contribution in [0.2, 0.25) is 0 Å². The van der Waals surface area contributed by atoms with E-state index in [0.29, 0.717) is 19.2 Å². The Morgan fingerprint density at radius 3 is 2.67 bits per heavy atom. The molecule has 0 unspecified atom stereocenters. The monoisotopic (exact) mass is 344 g/mol. The van der Waals surface area contributed by atoms with E-state index in [1.807, 2.05) is 0 Å². The molecule has 24 heavy (non-hydrogen) atoms. The smallest absolute Gasteiger partial charge is 0.406 e. The molecular weight excluding hydrogens is 332 g/mol. The first-order valence-corrected chi connectivity index (χ1v) is 7.05. The van der Waals surface area contributed by atoms with Gasteiger partial charge in [0.05, 0.1) is 17.4 Å². The first kappa shape index (κ1) is 16.2. The second kappa shape index (κ2) is 6.10. The molecule has 1 aromatic heterocycles.